The zero-order valence-electron chi connectivity index (χ0n) is 11.5. The van der Waals surface area contributed by atoms with Crippen molar-refractivity contribution in [3.8, 4) is 0 Å². The summed E-state index contributed by atoms with van der Waals surface area (Å²) in [5, 5.41) is 11.4. The molecule has 0 spiro atoms. The second-order valence-electron chi connectivity index (χ2n) is 4.57. The van der Waals surface area contributed by atoms with Crippen molar-refractivity contribution in [2.75, 3.05) is 19.8 Å². The van der Waals surface area contributed by atoms with Crippen molar-refractivity contribution in [3.63, 3.8) is 0 Å². The molecular weight excluding hydrogens is 274 g/mol. The summed E-state index contributed by atoms with van der Waals surface area (Å²) in [5.74, 6) is -1.20. The van der Waals surface area contributed by atoms with Gasteiger partial charge in [0, 0.05) is 12.6 Å². The third-order valence-electron chi connectivity index (χ3n) is 2.94. The number of hydrogen-bond donors (Lipinski definition) is 2. The van der Waals surface area contributed by atoms with Gasteiger partial charge < -0.3 is 19.9 Å². The average Bonchev–Trinajstić information content (AvgIpc) is 2.52. The van der Waals surface area contributed by atoms with E-state index in [1.807, 2.05) is 18.2 Å². The third kappa shape index (κ3) is 5.02. The van der Waals surface area contributed by atoms with Gasteiger partial charge in [0.1, 0.15) is 0 Å². The van der Waals surface area contributed by atoms with Crippen LogP contribution >= 0.6 is 0 Å². The van der Waals surface area contributed by atoms with Crippen LogP contribution in [-0.4, -0.2) is 42.9 Å². The number of amides is 1. The van der Waals surface area contributed by atoms with Crippen molar-refractivity contribution in [1.82, 2.24) is 5.32 Å². The molecule has 1 aromatic carbocycles. The highest BCUT2D eigenvalue weighted by atomic mass is 16.6. The van der Waals surface area contributed by atoms with Crippen molar-refractivity contribution in [1.29, 1.82) is 0 Å². The summed E-state index contributed by atoms with van der Waals surface area (Å²) in [6, 6.07) is 7.28. The molecule has 1 aliphatic heterocycles. The quantitative estimate of drug-likeness (QED) is 0.784. The maximum atomic E-state index is 11.9. The lowest BCUT2D eigenvalue weighted by atomic mass is 10.1. The maximum Gasteiger partial charge on any atom is 0.328 e. The lowest BCUT2D eigenvalue weighted by Crippen LogP contribution is -2.42. The predicted octanol–water partition coefficient (Wildman–Crippen LogP) is 0.816. The highest BCUT2D eigenvalue weighted by Gasteiger charge is 2.22. The third-order valence-corrected chi connectivity index (χ3v) is 2.94. The van der Waals surface area contributed by atoms with Crippen molar-refractivity contribution in [2.45, 2.75) is 12.6 Å². The van der Waals surface area contributed by atoms with E-state index in [1.165, 1.54) is 6.08 Å². The highest BCUT2D eigenvalue weighted by molar-refractivity contribution is 5.85. The van der Waals surface area contributed by atoms with E-state index >= 15 is 0 Å². The van der Waals surface area contributed by atoms with E-state index in [2.05, 4.69) is 5.32 Å². The van der Waals surface area contributed by atoms with Crippen LogP contribution in [0.5, 0.6) is 0 Å². The first-order valence-corrected chi connectivity index (χ1v) is 6.62. The molecule has 0 aromatic heterocycles. The van der Waals surface area contributed by atoms with Crippen molar-refractivity contribution >= 4 is 18.0 Å². The van der Waals surface area contributed by atoms with Crippen LogP contribution in [-0.2, 0) is 25.6 Å². The minimum atomic E-state index is -0.997. The number of nitrogens with one attached hydrogen (secondary N) is 1. The number of benzene rings is 1. The average molecular weight is 291 g/mol. The molecule has 21 heavy (non-hydrogen) atoms. The molecule has 0 saturated carbocycles. The Morgan fingerprint density at radius 2 is 2.24 bits per heavy atom. The SMILES string of the molecule is O=C(O)C=Cc1cccc(CNC(=O)C2COCCO2)c1. The van der Waals surface area contributed by atoms with Crippen LogP contribution in [0.2, 0.25) is 0 Å². The maximum absolute atomic E-state index is 11.9. The van der Waals surface area contributed by atoms with E-state index in [0.717, 1.165) is 17.2 Å². The molecular formula is C15H17NO5. The van der Waals surface area contributed by atoms with Crippen molar-refractivity contribution < 1.29 is 24.2 Å². The Balaban J connectivity index is 1.89. The molecule has 1 aromatic rings. The fourth-order valence-electron chi connectivity index (χ4n) is 1.92. The summed E-state index contributed by atoms with van der Waals surface area (Å²) >= 11 is 0. The monoisotopic (exact) mass is 291 g/mol. The van der Waals surface area contributed by atoms with Gasteiger partial charge in [-0.1, -0.05) is 18.2 Å². The topological polar surface area (TPSA) is 84.9 Å². The van der Waals surface area contributed by atoms with E-state index in [4.69, 9.17) is 14.6 Å². The lowest BCUT2D eigenvalue weighted by Gasteiger charge is -2.22. The molecule has 1 fully saturated rings. The fraction of sp³-hybridized carbons (Fsp3) is 0.333. The molecule has 1 saturated heterocycles. The van der Waals surface area contributed by atoms with Crippen LogP contribution in [0.25, 0.3) is 6.08 Å². The number of aliphatic carboxylic acids is 1. The van der Waals surface area contributed by atoms with E-state index in [9.17, 15) is 9.59 Å². The Bertz CT molecular complexity index is 535. The van der Waals surface area contributed by atoms with Gasteiger partial charge in [0.15, 0.2) is 6.10 Å². The second kappa shape index (κ2) is 7.56. The Kier molecular flexibility index (Phi) is 5.48. The van der Waals surface area contributed by atoms with Crippen LogP contribution < -0.4 is 5.32 Å². The predicted molar refractivity (Wildman–Crippen MR) is 75.5 cm³/mol. The van der Waals surface area contributed by atoms with E-state index in [0.29, 0.717) is 19.8 Å². The number of ether oxygens (including phenoxy) is 2. The first kappa shape index (κ1) is 15.2. The van der Waals surface area contributed by atoms with Gasteiger partial charge in [0.2, 0.25) is 0 Å². The molecule has 1 unspecified atom stereocenters. The number of carbonyl (C=O) groups is 2. The van der Waals surface area contributed by atoms with Gasteiger partial charge in [-0.15, -0.1) is 0 Å². The Morgan fingerprint density at radius 3 is 2.95 bits per heavy atom. The number of carboxylic acids is 1. The summed E-state index contributed by atoms with van der Waals surface area (Å²) in [7, 11) is 0. The number of rotatable bonds is 5. The molecule has 112 valence electrons. The summed E-state index contributed by atoms with van der Waals surface area (Å²) in [6.07, 6.45) is 2.02. The molecule has 1 amide bonds. The van der Waals surface area contributed by atoms with Gasteiger partial charge in [-0.05, 0) is 23.3 Å². The molecule has 1 atom stereocenters. The zero-order chi connectivity index (χ0) is 15.1. The van der Waals surface area contributed by atoms with Crippen molar-refractivity contribution in [2.24, 2.45) is 0 Å². The molecule has 0 radical (unpaired) electrons. The summed E-state index contributed by atoms with van der Waals surface area (Å²) in [4.78, 5) is 22.3. The summed E-state index contributed by atoms with van der Waals surface area (Å²) in [5.41, 5.74) is 1.65. The molecule has 6 nitrogen and oxygen atoms in total. The van der Waals surface area contributed by atoms with Gasteiger partial charge in [0.25, 0.3) is 5.91 Å². The Morgan fingerprint density at radius 1 is 1.38 bits per heavy atom. The molecule has 1 heterocycles. The van der Waals surface area contributed by atoms with Gasteiger partial charge >= 0.3 is 5.97 Å². The van der Waals surface area contributed by atoms with Gasteiger partial charge in [-0.3, -0.25) is 4.79 Å². The minimum Gasteiger partial charge on any atom is -0.478 e. The van der Waals surface area contributed by atoms with E-state index in [-0.39, 0.29) is 12.5 Å². The molecule has 0 aliphatic carbocycles. The first-order valence-electron chi connectivity index (χ1n) is 6.62. The van der Waals surface area contributed by atoms with E-state index in [1.54, 1.807) is 6.07 Å². The van der Waals surface area contributed by atoms with E-state index < -0.39 is 12.1 Å². The van der Waals surface area contributed by atoms with Crippen LogP contribution in [0.1, 0.15) is 11.1 Å². The Labute approximate surface area is 122 Å². The molecule has 1 aliphatic rings. The number of carbonyl (C=O) groups excluding carboxylic acids is 1. The zero-order valence-corrected chi connectivity index (χ0v) is 11.5. The van der Waals surface area contributed by atoms with Crippen LogP contribution in [0.3, 0.4) is 0 Å². The largest absolute Gasteiger partial charge is 0.478 e. The van der Waals surface area contributed by atoms with Crippen LogP contribution in [0.4, 0.5) is 0 Å². The molecule has 2 rings (SSSR count). The van der Waals surface area contributed by atoms with Crippen LogP contribution in [0, 0.1) is 0 Å². The molecule has 2 N–H and O–H groups in total. The van der Waals surface area contributed by atoms with Crippen molar-refractivity contribution in [3.05, 3.63) is 41.5 Å². The first-order chi connectivity index (χ1) is 10.1. The lowest BCUT2D eigenvalue weighted by molar-refractivity contribution is -0.147. The van der Waals surface area contributed by atoms with Gasteiger partial charge in [0.05, 0.1) is 19.8 Å². The summed E-state index contributed by atoms with van der Waals surface area (Å²) in [6.45, 7) is 1.57. The fourth-order valence-corrected chi connectivity index (χ4v) is 1.92. The molecule has 6 heteroatoms. The van der Waals surface area contributed by atoms with Gasteiger partial charge in [-0.25, -0.2) is 4.79 Å². The van der Waals surface area contributed by atoms with Gasteiger partial charge in [-0.2, -0.15) is 0 Å². The highest BCUT2D eigenvalue weighted by Crippen LogP contribution is 2.08. The number of hydrogen-bond acceptors (Lipinski definition) is 4. The molecule has 0 bridgehead atoms. The van der Waals surface area contributed by atoms with Crippen LogP contribution in [0.15, 0.2) is 30.3 Å². The standard InChI is InChI=1S/C15H17NO5/c17-14(18)5-4-11-2-1-3-12(8-11)9-16-15(19)13-10-20-6-7-21-13/h1-5,8,13H,6-7,9-10H2,(H,16,19)(H,17,18). The summed E-state index contributed by atoms with van der Waals surface area (Å²) < 4.78 is 10.5. The number of carboxylic acid groups (broad SMARTS) is 1. The Hall–Kier alpha value is -2.18. The normalized spacial score (nSPS) is 18.6. The minimum absolute atomic E-state index is 0.207. The second-order valence-corrected chi connectivity index (χ2v) is 4.57. The smallest absolute Gasteiger partial charge is 0.328 e.